The third-order valence-corrected chi connectivity index (χ3v) is 17.5. The molecule has 114 valence electrons. The number of rotatable bonds is 3. The standard InChI is InChI=1S/C17H15IO4/c1-21-14(19)7-3-5-8(6-4-7)16-9-10-12(16)18-13(16)11(9)17(10,18)15(20)22-2/h3-6,9-13H,1-2H3. The van der Waals surface area contributed by atoms with Gasteiger partial charge in [0.25, 0.3) is 0 Å². The molecule has 3 saturated heterocycles. The molecule has 4 atom stereocenters. The first-order valence-electron chi connectivity index (χ1n) is 7.61. The molecular weight excluding hydrogens is 395 g/mol. The number of carbonyl (C=O) groups is 2. The molecule has 1 aromatic rings. The number of hydrogen-bond donors (Lipinski definition) is 0. The molecule has 7 rings (SSSR count). The molecule has 3 heterocycles. The molecule has 0 aromatic heterocycles. The van der Waals surface area contributed by atoms with Gasteiger partial charge in [-0.15, -0.1) is 0 Å². The van der Waals surface area contributed by atoms with Gasteiger partial charge in [-0.3, -0.25) is 0 Å². The van der Waals surface area contributed by atoms with Crippen molar-refractivity contribution in [2.75, 3.05) is 14.2 Å². The van der Waals surface area contributed by atoms with Crippen molar-refractivity contribution >= 4 is 31.8 Å². The summed E-state index contributed by atoms with van der Waals surface area (Å²) in [5, 5.41) is 0. The molecule has 22 heavy (non-hydrogen) atoms. The molecule has 6 fully saturated rings. The third-order valence-electron chi connectivity index (χ3n) is 7.01. The van der Waals surface area contributed by atoms with Crippen molar-refractivity contribution in [1.82, 2.24) is 0 Å². The second kappa shape index (κ2) is 3.23. The van der Waals surface area contributed by atoms with Crippen molar-refractivity contribution in [3.63, 3.8) is 0 Å². The number of hydrogen-bond acceptors (Lipinski definition) is 4. The van der Waals surface area contributed by atoms with Gasteiger partial charge in [-0.05, 0) is 0 Å². The van der Waals surface area contributed by atoms with Crippen LogP contribution >= 0.6 is 19.8 Å². The van der Waals surface area contributed by atoms with E-state index in [4.69, 9.17) is 9.47 Å². The van der Waals surface area contributed by atoms with Crippen LogP contribution in [0.15, 0.2) is 24.3 Å². The van der Waals surface area contributed by atoms with Gasteiger partial charge in [0.1, 0.15) is 0 Å². The zero-order chi connectivity index (χ0) is 15.0. The van der Waals surface area contributed by atoms with Crippen molar-refractivity contribution in [3.8, 4) is 0 Å². The predicted molar refractivity (Wildman–Crippen MR) is 86.3 cm³/mol. The van der Waals surface area contributed by atoms with Crippen molar-refractivity contribution < 1.29 is 19.1 Å². The number of benzene rings is 1. The molecule has 0 spiro atoms. The van der Waals surface area contributed by atoms with Crippen LogP contribution in [-0.2, 0) is 19.7 Å². The Bertz CT molecular complexity index is 714. The van der Waals surface area contributed by atoms with Crippen LogP contribution in [0.2, 0.25) is 0 Å². The van der Waals surface area contributed by atoms with Gasteiger partial charge in [-0.25, -0.2) is 0 Å². The van der Waals surface area contributed by atoms with Crippen molar-refractivity contribution in [2.24, 2.45) is 17.8 Å². The van der Waals surface area contributed by atoms with E-state index in [1.54, 1.807) is 7.11 Å². The summed E-state index contributed by atoms with van der Waals surface area (Å²) in [6, 6.07) is 8.02. The van der Waals surface area contributed by atoms with E-state index >= 15 is 0 Å². The fraction of sp³-hybridized carbons (Fsp3) is 0.529. The summed E-state index contributed by atoms with van der Waals surface area (Å²) in [4.78, 5) is 23.7. The van der Waals surface area contributed by atoms with Crippen molar-refractivity contribution in [2.45, 2.75) is 16.7 Å². The SMILES string of the molecule is COC(=O)c1ccc(C23C4C5C2I2C3C4C52C(=O)OC)cc1. The zero-order valence-electron chi connectivity index (χ0n) is 12.2. The van der Waals surface area contributed by atoms with E-state index in [-0.39, 0.29) is 15.4 Å². The van der Waals surface area contributed by atoms with Crippen LogP contribution in [-0.4, -0.2) is 37.4 Å². The molecule has 1 aromatic carbocycles. The topological polar surface area (TPSA) is 52.6 Å². The van der Waals surface area contributed by atoms with Crippen LogP contribution < -0.4 is 0 Å². The summed E-state index contributed by atoms with van der Waals surface area (Å²) in [7, 11) is 2.95. The fourth-order valence-electron chi connectivity index (χ4n) is 6.46. The first-order chi connectivity index (χ1) is 10.7. The van der Waals surface area contributed by atoms with Gasteiger partial charge in [0.05, 0.1) is 0 Å². The van der Waals surface area contributed by atoms with Crippen molar-refractivity contribution in [1.29, 1.82) is 0 Å². The number of methoxy groups -OCH3 is 2. The number of carbonyl (C=O) groups excluding carboxylic acids is 2. The molecule has 0 amide bonds. The Labute approximate surface area is 134 Å². The van der Waals surface area contributed by atoms with Gasteiger partial charge in [-0.2, -0.15) is 0 Å². The van der Waals surface area contributed by atoms with E-state index < -0.39 is 19.8 Å². The second-order valence-electron chi connectivity index (χ2n) is 6.99. The molecule has 3 aliphatic carbocycles. The molecule has 4 nitrogen and oxygen atoms in total. The Hall–Kier alpha value is -1.11. The van der Waals surface area contributed by atoms with E-state index in [0.717, 1.165) is 13.8 Å². The van der Waals surface area contributed by atoms with Crippen LogP contribution in [0.3, 0.4) is 0 Å². The van der Waals surface area contributed by atoms with Crippen LogP contribution in [0.25, 0.3) is 0 Å². The van der Waals surface area contributed by atoms with Gasteiger partial charge in [0.2, 0.25) is 0 Å². The van der Waals surface area contributed by atoms with Gasteiger partial charge in [0, 0.05) is 0 Å². The maximum absolute atomic E-state index is 12.2. The van der Waals surface area contributed by atoms with E-state index in [1.165, 1.54) is 12.7 Å². The van der Waals surface area contributed by atoms with Crippen molar-refractivity contribution in [3.05, 3.63) is 35.4 Å². The third kappa shape index (κ3) is 0.765. The zero-order valence-corrected chi connectivity index (χ0v) is 14.4. The average molecular weight is 410 g/mol. The molecular formula is C17H15IO4. The van der Waals surface area contributed by atoms with Gasteiger partial charge in [0.15, 0.2) is 0 Å². The molecule has 3 aliphatic heterocycles. The quantitative estimate of drug-likeness (QED) is 0.433. The summed E-state index contributed by atoms with van der Waals surface area (Å²) < 4.78 is 11.6. The summed E-state index contributed by atoms with van der Waals surface area (Å²) >= 11 is -1.10. The summed E-state index contributed by atoms with van der Waals surface area (Å²) in [6.07, 6.45) is 0. The Morgan fingerprint density at radius 3 is 2.09 bits per heavy atom. The summed E-state index contributed by atoms with van der Waals surface area (Å²) in [5.74, 6) is 1.88. The Morgan fingerprint density at radius 1 is 1.00 bits per heavy atom. The molecule has 6 aliphatic rings. The minimum absolute atomic E-state index is 0.0897. The average Bonchev–Trinajstić information content (AvgIpc) is 2.60. The van der Waals surface area contributed by atoms with E-state index in [0.29, 0.717) is 22.8 Å². The van der Waals surface area contributed by atoms with Gasteiger partial charge >= 0.3 is 135 Å². The molecule has 0 N–H and O–H groups in total. The molecule has 0 bridgehead atoms. The van der Waals surface area contributed by atoms with Gasteiger partial charge < -0.3 is 0 Å². The van der Waals surface area contributed by atoms with Crippen LogP contribution in [0.4, 0.5) is 0 Å². The Kier molecular flexibility index (Phi) is 1.81. The predicted octanol–water partition coefficient (Wildman–Crippen LogP) is 1.78. The van der Waals surface area contributed by atoms with Gasteiger partial charge in [-0.1, -0.05) is 0 Å². The maximum atomic E-state index is 12.2. The number of esters is 2. The minimum atomic E-state index is -1.10. The monoisotopic (exact) mass is 410 g/mol. The van der Waals surface area contributed by atoms with E-state index in [2.05, 4.69) is 12.1 Å². The number of ether oxygens (including phenoxy) is 2. The fourth-order valence-corrected chi connectivity index (χ4v) is 19.9. The Morgan fingerprint density at radius 2 is 1.64 bits per heavy atom. The van der Waals surface area contributed by atoms with E-state index in [1.807, 2.05) is 12.1 Å². The summed E-state index contributed by atoms with van der Waals surface area (Å²) in [6.45, 7) is 0. The molecule has 0 radical (unpaired) electrons. The number of halogens is 1. The van der Waals surface area contributed by atoms with E-state index in [9.17, 15) is 9.59 Å². The Balaban J connectivity index is 1.33. The summed E-state index contributed by atoms with van der Waals surface area (Å²) in [5.41, 5.74) is 2.43. The molecule has 3 saturated carbocycles. The number of alkyl halides is 3. The van der Waals surface area contributed by atoms with Crippen LogP contribution in [0.1, 0.15) is 15.9 Å². The van der Waals surface area contributed by atoms with Crippen LogP contribution in [0, 0.1) is 17.8 Å². The first kappa shape index (κ1) is 12.3. The normalized spacial score (nSPS) is 51.2. The molecule has 4 unspecified atom stereocenters. The molecule has 5 heteroatoms. The first-order valence-corrected chi connectivity index (χ1v) is 11.2. The van der Waals surface area contributed by atoms with Crippen LogP contribution in [0.5, 0.6) is 0 Å². The second-order valence-corrected chi connectivity index (χ2v) is 13.4.